The van der Waals surface area contributed by atoms with Gasteiger partial charge >= 0.3 is 0 Å². The number of aromatic nitrogens is 3. The van der Waals surface area contributed by atoms with Crippen LogP contribution >= 0.6 is 23.1 Å². The second-order valence-electron chi connectivity index (χ2n) is 6.50. The Balaban J connectivity index is 1.55. The van der Waals surface area contributed by atoms with Gasteiger partial charge in [-0.15, -0.1) is 21.5 Å². The van der Waals surface area contributed by atoms with Crippen molar-refractivity contribution in [2.24, 2.45) is 0 Å². The Labute approximate surface area is 158 Å². The van der Waals surface area contributed by atoms with E-state index in [4.69, 9.17) is 4.42 Å². The highest BCUT2D eigenvalue weighted by atomic mass is 32.2. The molecular weight excluding hydrogens is 375 g/mol. The molecule has 1 N–H and O–H groups in total. The number of hydrogen-bond acceptors (Lipinski definition) is 7. The summed E-state index contributed by atoms with van der Waals surface area (Å²) in [4.78, 5) is 16.5. The number of halogens is 1. The smallest absolute Gasteiger partial charge is 0.277 e. The van der Waals surface area contributed by atoms with Crippen molar-refractivity contribution < 1.29 is 13.6 Å². The molecule has 0 radical (unpaired) electrons. The van der Waals surface area contributed by atoms with E-state index in [1.54, 1.807) is 12.1 Å². The molecule has 0 saturated heterocycles. The summed E-state index contributed by atoms with van der Waals surface area (Å²) in [6.45, 7) is 6.20. The van der Waals surface area contributed by atoms with Crippen molar-refractivity contribution in [3.8, 4) is 11.5 Å². The standard InChI is InChI=1S/C17H17FN4O2S2/c1-17(2,3)12-8-25-15(19-12)20-13(23)9-26-16-22-21-14(24-16)10-4-6-11(18)7-5-10/h4-8H,9H2,1-3H3,(H,19,20,23). The minimum absolute atomic E-state index is 0.0608. The van der Waals surface area contributed by atoms with Gasteiger partial charge in [0.1, 0.15) is 5.82 Å². The van der Waals surface area contributed by atoms with Gasteiger partial charge < -0.3 is 9.73 Å². The summed E-state index contributed by atoms with van der Waals surface area (Å²) in [5.41, 5.74) is 1.49. The van der Waals surface area contributed by atoms with Crippen LogP contribution in [0.5, 0.6) is 0 Å². The van der Waals surface area contributed by atoms with Crippen LogP contribution in [0.3, 0.4) is 0 Å². The molecule has 3 aromatic rings. The number of benzene rings is 1. The lowest BCUT2D eigenvalue weighted by Gasteiger charge is -2.14. The number of carbonyl (C=O) groups is 1. The Morgan fingerprint density at radius 1 is 1.27 bits per heavy atom. The van der Waals surface area contributed by atoms with Gasteiger partial charge in [0.25, 0.3) is 5.22 Å². The number of thiazole rings is 1. The molecule has 0 unspecified atom stereocenters. The molecule has 2 heterocycles. The second-order valence-corrected chi connectivity index (χ2v) is 8.29. The summed E-state index contributed by atoms with van der Waals surface area (Å²) in [6.07, 6.45) is 0. The van der Waals surface area contributed by atoms with E-state index < -0.39 is 0 Å². The molecule has 3 rings (SSSR count). The largest absolute Gasteiger partial charge is 0.411 e. The van der Waals surface area contributed by atoms with Gasteiger partial charge in [-0.1, -0.05) is 32.5 Å². The molecule has 0 aliphatic rings. The Hall–Kier alpha value is -2.26. The van der Waals surface area contributed by atoms with Crippen LogP contribution in [0.2, 0.25) is 0 Å². The van der Waals surface area contributed by atoms with Gasteiger partial charge in [-0.25, -0.2) is 9.37 Å². The average molecular weight is 392 g/mol. The summed E-state index contributed by atoms with van der Waals surface area (Å²) < 4.78 is 18.4. The fourth-order valence-corrected chi connectivity index (χ4v) is 3.45. The first-order chi connectivity index (χ1) is 12.3. The monoisotopic (exact) mass is 392 g/mol. The van der Waals surface area contributed by atoms with Crippen LogP contribution in [0.25, 0.3) is 11.5 Å². The maximum absolute atomic E-state index is 12.9. The van der Waals surface area contributed by atoms with Gasteiger partial charge in [0.05, 0.1) is 11.4 Å². The van der Waals surface area contributed by atoms with Gasteiger partial charge in [0, 0.05) is 16.4 Å². The molecule has 1 aromatic carbocycles. The minimum atomic E-state index is -0.337. The van der Waals surface area contributed by atoms with Gasteiger partial charge in [0.2, 0.25) is 11.8 Å². The zero-order valence-corrected chi connectivity index (χ0v) is 16.1. The van der Waals surface area contributed by atoms with Crippen LogP contribution in [-0.2, 0) is 10.2 Å². The van der Waals surface area contributed by atoms with Crippen LogP contribution in [-0.4, -0.2) is 26.8 Å². The molecule has 26 heavy (non-hydrogen) atoms. The van der Waals surface area contributed by atoms with Gasteiger partial charge in [-0.2, -0.15) is 0 Å². The third-order valence-corrected chi connectivity index (χ3v) is 4.92. The van der Waals surface area contributed by atoms with Crippen LogP contribution < -0.4 is 5.32 Å². The second kappa shape index (κ2) is 7.55. The maximum atomic E-state index is 12.9. The van der Waals surface area contributed by atoms with E-state index >= 15 is 0 Å². The molecule has 1 amide bonds. The molecule has 0 atom stereocenters. The highest BCUT2D eigenvalue weighted by Gasteiger charge is 2.18. The van der Waals surface area contributed by atoms with Crippen molar-refractivity contribution in [3.05, 3.63) is 41.2 Å². The number of thioether (sulfide) groups is 1. The first-order valence-corrected chi connectivity index (χ1v) is 9.66. The van der Waals surface area contributed by atoms with E-state index in [2.05, 4.69) is 41.3 Å². The molecule has 0 fully saturated rings. The molecule has 2 aromatic heterocycles. The highest BCUT2D eigenvalue weighted by Crippen LogP contribution is 2.27. The number of nitrogens with zero attached hydrogens (tertiary/aromatic N) is 3. The van der Waals surface area contributed by atoms with Crippen LogP contribution in [0, 0.1) is 5.82 Å². The Morgan fingerprint density at radius 2 is 2.00 bits per heavy atom. The van der Waals surface area contributed by atoms with E-state index in [-0.39, 0.29) is 34.0 Å². The molecule has 0 aliphatic heterocycles. The molecule has 0 saturated carbocycles. The topological polar surface area (TPSA) is 80.9 Å². The van der Waals surface area contributed by atoms with Gasteiger partial charge in [-0.3, -0.25) is 4.79 Å². The minimum Gasteiger partial charge on any atom is -0.411 e. The molecule has 9 heteroatoms. The van der Waals surface area contributed by atoms with E-state index in [1.807, 2.05) is 5.38 Å². The molecule has 6 nitrogen and oxygen atoms in total. The fraction of sp³-hybridized carbons (Fsp3) is 0.294. The summed E-state index contributed by atoms with van der Waals surface area (Å²) in [5, 5.41) is 13.3. The Kier molecular flexibility index (Phi) is 5.38. The van der Waals surface area contributed by atoms with Crippen LogP contribution in [0.15, 0.2) is 39.3 Å². The van der Waals surface area contributed by atoms with Crippen LogP contribution in [0.1, 0.15) is 26.5 Å². The SMILES string of the molecule is CC(C)(C)c1csc(NC(=O)CSc2nnc(-c3ccc(F)cc3)o2)n1. The lowest BCUT2D eigenvalue weighted by Crippen LogP contribution is -2.15. The molecule has 0 bridgehead atoms. The molecule has 136 valence electrons. The Morgan fingerprint density at radius 3 is 2.65 bits per heavy atom. The molecule has 0 aliphatic carbocycles. The van der Waals surface area contributed by atoms with Crippen molar-refractivity contribution in [1.29, 1.82) is 0 Å². The average Bonchev–Trinajstić information content (AvgIpc) is 3.22. The predicted molar refractivity (Wildman–Crippen MR) is 99.9 cm³/mol. The zero-order chi connectivity index (χ0) is 18.7. The number of rotatable bonds is 5. The summed E-state index contributed by atoms with van der Waals surface area (Å²) >= 11 is 2.52. The normalized spacial score (nSPS) is 11.5. The summed E-state index contributed by atoms with van der Waals surface area (Å²) in [6, 6.07) is 5.75. The van der Waals surface area contributed by atoms with Crippen LogP contribution in [0.4, 0.5) is 9.52 Å². The van der Waals surface area contributed by atoms with Crippen molar-refractivity contribution in [2.75, 3.05) is 11.1 Å². The Bertz CT molecular complexity index is 900. The third-order valence-electron chi connectivity index (χ3n) is 3.34. The van der Waals surface area contributed by atoms with Crippen molar-refractivity contribution >= 4 is 34.1 Å². The van der Waals surface area contributed by atoms with E-state index in [0.29, 0.717) is 10.7 Å². The molecular formula is C17H17FN4O2S2. The number of carbonyl (C=O) groups excluding carboxylic acids is 1. The summed E-state index contributed by atoms with van der Waals surface area (Å²) in [5.74, 6) is -0.138. The number of hydrogen-bond donors (Lipinski definition) is 1. The zero-order valence-electron chi connectivity index (χ0n) is 14.4. The third kappa shape index (κ3) is 4.67. The van der Waals surface area contributed by atoms with Crippen molar-refractivity contribution in [3.63, 3.8) is 0 Å². The summed E-state index contributed by atoms with van der Waals surface area (Å²) in [7, 11) is 0. The first-order valence-electron chi connectivity index (χ1n) is 7.79. The number of anilines is 1. The quantitative estimate of drug-likeness (QED) is 0.650. The fourth-order valence-electron chi connectivity index (χ4n) is 1.94. The van der Waals surface area contributed by atoms with E-state index in [0.717, 1.165) is 17.5 Å². The predicted octanol–water partition coefficient (Wildman–Crippen LogP) is 4.36. The first kappa shape index (κ1) is 18.5. The van der Waals surface area contributed by atoms with E-state index in [1.165, 1.54) is 23.5 Å². The lowest BCUT2D eigenvalue weighted by atomic mass is 9.93. The van der Waals surface area contributed by atoms with Crippen molar-refractivity contribution in [2.45, 2.75) is 31.4 Å². The maximum Gasteiger partial charge on any atom is 0.277 e. The number of nitrogens with one attached hydrogen (secondary N) is 1. The highest BCUT2D eigenvalue weighted by molar-refractivity contribution is 7.99. The lowest BCUT2D eigenvalue weighted by molar-refractivity contribution is -0.113. The van der Waals surface area contributed by atoms with Gasteiger partial charge in [0.15, 0.2) is 5.13 Å². The molecule has 0 spiro atoms. The van der Waals surface area contributed by atoms with Gasteiger partial charge in [-0.05, 0) is 24.3 Å². The number of amides is 1. The van der Waals surface area contributed by atoms with Crippen molar-refractivity contribution in [1.82, 2.24) is 15.2 Å². The van der Waals surface area contributed by atoms with E-state index in [9.17, 15) is 9.18 Å².